The molecular formula is C19H17ClFN3O2S. The molecule has 0 saturated carbocycles. The molecule has 1 heterocycles. The standard InChI is InChI=1S/C19H17ClFN3O2S/c1-10-6-7-12(8-14(10)21)22-19-24-18(26)16(27-19)9-17(25)23-15-5-3-4-13(20)11(15)2/h3-8,16H,9H2,1-2H3,(H,23,25)(H,22,24,26)/t16-/m0/s1. The highest BCUT2D eigenvalue weighted by molar-refractivity contribution is 8.15. The largest absolute Gasteiger partial charge is 0.326 e. The van der Waals surface area contributed by atoms with Crippen LogP contribution in [0, 0.1) is 19.7 Å². The van der Waals surface area contributed by atoms with Gasteiger partial charge in [0.05, 0.1) is 5.69 Å². The van der Waals surface area contributed by atoms with Gasteiger partial charge in [-0.3, -0.25) is 9.59 Å². The van der Waals surface area contributed by atoms with Crippen LogP contribution in [0.15, 0.2) is 41.4 Å². The Bertz CT molecular complexity index is 949. The number of aryl methyl sites for hydroxylation is 1. The van der Waals surface area contributed by atoms with E-state index in [0.29, 0.717) is 27.1 Å². The molecule has 8 heteroatoms. The average Bonchev–Trinajstić information content (AvgIpc) is 2.94. The van der Waals surface area contributed by atoms with E-state index in [1.54, 1.807) is 44.2 Å². The number of aliphatic imine (C=N–C) groups is 1. The van der Waals surface area contributed by atoms with Gasteiger partial charge in [-0.05, 0) is 49.2 Å². The van der Waals surface area contributed by atoms with Gasteiger partial charge in [0, 0.05) is 17.1 Å². The molecule has 1 fully saturated rings. The molecule has 2 aromatic rings. The molecule has 3 rings (SSSR count). The number of amides is 2. The van der Waals surface area contributed by atoms with Crippen molar-refractivity contribution in [2.24, 2.45) is 4.99 Å². The normalized spacial score (nSPS) is 17.9. The van der Waals surface area contributed by atoms with Gasteiger partial charge in [0.15, 0.2) is 5.17 Å². The van der Waals surface area contributed by atoms with E-state index in [9.17, 15) is 14.0 Å². The van der Waals surface area contributed by atoms with Crippen molar-refractivity contribution in [1.82, 2.24) is 5.32 Å². The molecule has 2 aromatic carbocycles. The van der Waals surface area contributed by atoms with Gasteiger partial charge in [-0.2, -0.15) is 0 Å². The van der Waals surface area contributed by atoms with E-state index in [0.717, 1.165) is 17.3 Å². The van der Waals surface area contributed by atoms with Crippen LogP contribution in [-0.2, 0) is 9.59 Å². The van der Waals surface area contributed by atoms with Gasteiger partial charge in [0.1, 0.15) is 11.1 Å². The summed E-state index contributed by atoms with van der Waals surface area (Å²) < 4.78 is 13.6. The zero-order valence-electron chi connectivity index (χ0n) is 14.7. The number of rotatable bonds is 4. The quantitative estimate of drug-likeness (QED) is 0.794. The van der Waals surface area contributed by atoms with Gasteiger partial charge in [0.25, 0.3) is 0 Å². The Morgan fingerprint density at radius 3 is 2.85 bits per heavy atom. The smallest absolute Gasteiger partial charge is 0.240 e. The number of hydrogen-bond donors (Lipinski definition) is 2. The lowest BCUT2D eigenvalue weighted by Crippen LogP contribution is -2.28. The average molecular weight is 406 g/mol. The summed E-state index contributed by atoms with van der Waals surface area (Å²) in [7, 11) is 0. The predicted octanol–water partition coefficient (Wildman–Crippen LogP) is 4.34. The van der Waals surface area contributed by atoms with E-state index in [2.05, 4.69) is 15.6 Å². The van der Waals surface area contributed by atoms with Gasteiger partial charge in [-0.15, -0.1) is 0 Å². The first kappa shape index (κ1) is 19.4. The van der Waals surface area contributed by atoms with Gasteiger partial charge in [-0.25, -0.2) is 9.38 Å². The molecule has 1 atom stereocenters. The van der Waals surface area contributed by atoms with E-state index in [1.807, 2.05) is 0 Å². The van der Waals surface area contributed by atoms with Crippen LogP contribution < -0.4 is 10.6 Å². The molecule has 0 spiro atoms. The maximum atomic E-state index is 13.6. The van der Waals surface area contributed by atoms with Crippen molar-refractivity contribution in [3.63, 3.8) is 0 Å². The van der Waals surface area contributed by atoms with Crippen molar-refractivity contribution in [3.05, 3.63) is 58.4 Å². The molecule has 5 nitrogen and oxygen atoms in total. The minimum absolute atomic E-state index is 0.0102. The van der Waals surface area contributed by atoms with Gasteiger partial charge in [-0.1, -0.05) is 35.5 Å². The highest BCUT2D eigenvalue weighted by atomic mass is 35.5. The van der Waals surface area contributed by atoms with Crippen molar-refractivity contribution < 1.29 is 14.0 Å². The summed E-state index contributed by atoms with van der Waals surface area (Å²) in [5, 5.41) is 5.70. The number of nitrogens with one attached hydrogen (secondary N) is 2. The van der Waals surface area contributed by atoms with Crippen molar-refractivity contribution in [3.8, 4) is 0 Å². The summed E-state index contributed by atoms with van der Waals surface area (Å²) in [6.07, 6.45) is -0.0102. The first-order valence-corrected chi connectivity index (χ1v) is 9.46. The number of thioether (sulfide) groups is 1. The lowest BCUT2D eigenvalue weighted by Gasteiger charge is -2.10. The fourth-order valence-electron chi connectivity index (χ4n) is 2.47. The molecule has 1 aliphatic rings. The highest BCUT2D eigenvalue weighted by Gasteiger charge is 2.32. The second-order valence-corrected chi connectivity index (χ2v) is 7.71. The number of nitrogens with zero attached hydrogens (tertiary/aromatic N) is 1. The third-order valence-electron chi connectivity index (χ3n) is 4.08. The topological polar surface area (TPSA) is 70.6 Å². The lowest BCUT2D eigenvalue weighted by molar-refractivity contribution is -0.122. The zero-order valence-corrected chi connectivity index (χ0v) is 16.2. The van der Waals surface area contributed by atoms with Crippen LogP contribution in [0.1, 0.15) is 17.5 Å². The third kappa shape index (κ3) is 4.67. The Hall–Kier alpha value is -2.38. The Morgan fingerprint density at radius 1 is 1.33 bits per heavy atom. The SMILES string of the molecule is Cc1ccc(N=C2NC(=O)[C@H](CC(=O)Nc3cccc(Cl)c3C)S2)cc1F. The van der Waals surface area contributed by atoms with E-state index in [-0.39, 0.29) is 24.1 Å². The van der Waals surface area contributed by atoms with Gasteiger partial charge >= 0.3 is 0 Å². The van der Waals surface area contributed by atoms with E-state index in [1.165, 1.54) is 6.07 Å². The predicted molar refractivity (Wildman–Crippen MR) is 107 cm³/mol. The fourth-order valence-corrected chi connectivity index (χ4v) is 3.64. The molecule has 0 radical (unpaired) electrons. The van der Waals surface area contributed by atoms with Crippen molar-refractivity contribution in [2.75, 3.05) is 5.32 Å². The number of hydrogen-bond acceptors (Lipinski definition) is 4. The molecule has 0 aliphatic carbocycles. The molecule has 2 N–H and O–H groups in total. The molecule has 2 amide bonds. The van der Waals surface area contributed by atoms with Crippen LogP contribution in [0.4, 0.5) is 15.8 Å². The van der Waals surface area contributed by atoms with Gasteiger partial charge < -0.3 is 10.6 Å². The molecule has 27 heavy (non-hydrogen) atoms. The zero-order chi connectivity index (χ0) is 19.6. The van der Waals surface area contributed by atoms with E-state index >= 15 is 0 Å². The van der Waals surface area contributed by atoms with Crippen LogP contribution in [0.2, 0.25) is 5.02 Å². The summed E-state index contributed by atoms with van der Waals surface area (Å²) in [5.74, 6) is -0.959. The molecular weight excluding hydrogens is 389 g/mol. The third-order valence-corrected chi connectivity index (χ3v) is 5.57. The number of benzene rings is 2. The van der Waals surface area contributed by atoms with Crippen LogP contribution in [0.25, 0.3) is 0 Å². The first-order chi connectivity index (χ1) is 12.8. The fraction of sp³-hybridized carbons (Fsp3) is 0.211. The summed E-state index contributed by atoms with van der Waals surface area (Å²) >= 11 is 7.20. The first-order valence-electron chi connectivity index (χ1n) is 8.21. The maximum Gasteiger partial charge on any atom is 0.240 e. The summed E-state index contributed by atoms with van der Waals surface area (Å²) in [6.45, 7) is 3.47. The second kappa shape index (κ2) is 8.10. The maximum absolute atomic E-state index is 13.6. The number of carbonyl (C=O) groups excluding carboxylic acids is 2. The van der Waals surface area contributed by atoms with Crippen molar-refractivity contribution in [2.45, 2.75) is 25.5 Å². The molecule has 1 saturated heterocycles. The number of halogens is 2. The number of amidine groups is 1. The Balaban J connectivity index is 1.65. The van der Waals surface area contributed by atoms with E-state index < -0.39 is 5.25 Å². The van der Waals surface area contributed by atoms with Crippen LogP contribution >= 0.6 is 23.4 Å². The van der Waals surface area contributed by atoms with Crippen LogP contribution in [-0.4, -0.2) is 22.2 Å². The molecule has 1 aliphatic heterocycles. The van der Waals surface area contributed by atoms with Crippen molar-refractivity contribution >= 4 is 51.7 Å². The molecule has 140 valence electrons. The minimum Gasteiger partial charge on any atom is -0.326 e. The van der Waals surface area contributed by atoms with Crippen LogP contribution in [0.3, 0.4) is 0 Å². The van der Waals surface area contributed by atoms with Crippen LogP contribution in [0.5, 0.6) is 0 Å². The molecule has 0 unspecified atom stereocenters. The summed E-state index contributed by atoms with van der Waals surface area (Å²) in [5.41, 5.74) is 2.30. The Morgan fingerprint density at radius 2 is 2.11 bits per heavy atom. The highest BCUT2D eigenvalue weighted by Crippen LogP contribution is 2.27. The Labute approximate surface area is 165 Å². The molecule has 0 bridgehead atoms. The Kier molecular flexibility index (Phi) is 5.82. The van der Waals surface area contributed by atoms with Crippen molar-refractivity contribution in [1.29, 1.82) is 0 Å². The second-order valence-electron chi connectivity index (χ2n) is 6.11. The number of carbonyl (C=O) groups is 2. The minimum atomic E-state index is -0.599. The summed E-state index contributed by atoms with van der Waals surface area (Å²) in [4.78, 5) is 28.6. The molecule has 0 aromatic heterocycles. The number of anilines is 1. The van der Waals surface area contributed by atoms with Gasteiger partial charge in [0.2, 0.25) is 11.8 Å². The van der Waals surface area contributed by atoms with E-state index in [4.69, 9.17) is 11.6 Å². The monoisotopic (exact) mass is 405 g/mol. The lowest BCUT2D eigenvalue weighted by atomic mass is 10.2. The summed E-state index contributed by atoms with van der Waals surface area (Å²) in [6, 6.07) is 9.82.